The third-order valence-corrected chi connectivity index (χ3v) is 7.36. The van der Waals surface area contributed by atoms with Crippen LogP contribution in [0.2, 0.25) is 0 Å². The van der Waals surface area contributed by atoms with E-state index in [-0.39, 0.29) is 24.0 Å². The number of nitrogens with zero attached hydrogens (tertiary/aromatic N) is 3. The van der Waals surface area contributed by atoms with Gasteiger partial charge in [-0.1, -0.05) is 32.0 Å². The van der Waals surface area contributed by atoms with E-state index in [4.69, 9.17) is 0 Å². The first-order valence-corrected chi connectivity index (χ1v) is 12.5. The van der Waals surface area contributed by atoms with Gasteiger partial charge in [0.15, 0.2) is 5.96 Å². The lowest BCUT2D eigenvalue weighted by Crippen LogP contribution is -2.47. The number of aliphatic imine (C=N–C) groups is 1. The smallest absolute Gasteiger partial charge is 0.243 e. The average molecular weight is 566 g/mol. The Labute approximate surface area is 206 Å². The minimum atomic E-state index is -3.52. The predicted octanol–water partition coefficient (Wildman–Crippen LogP) is 3.12. The fourth-order valence-corrected chi connectivity index (χ4v) is 5.06. The van der Waals surface area contributed by atoms with Crippen LogP contribution in [0.4, 0.5) is 0 Å². The molecule has 7 nitrogen and oxygen atoms in total. The topological polar surface area (TPSA) is 77.0 Å². The van der Waals surface area contributed by atoms with Crippen molar-refractivity contribution in [3.05, 3.63) is 29.8 Å². The van der Waals surface area contributed by atoms with Gasteiger partial charge in [-0.3, -0.25) is 0 Å². The van der Waals surface area contributed by atoms with E-state index in [0.717, 1.165) is 44.0 Å². The van der Waals surface area contributed by atoms with Crippen molar-refractivity contribution in [2.45, 2.75) is 58.0 Å². The summed E-state index contributed by atoms with van der Waals surface area (Å²) in [5.74, 6) is 1.39. The molecule has 0 spiro atoms. The maximum atomic E-state index is 13.2. The summed E-state index contributed by atoms with van der Waals surface area (Å²) in [7, 11) is -1.50. The van der Waals surface area contributed by atoms with Gasteiger partial charge in [-0.25, -0.2) is 13.4 Å². The molecule has 1 aliphatic rings. The predicted molar refractivity (Wildman–Crippen MR) is 140 cm³/mol. The van der Waals surface area contributed by atoms with Gasteiger partial charge in [0.05, 0.1) is 11.4 Å². The zero-order valence-corrected chi connectivity index (χ0v) is 22.7. The highest BCUT2D eigenvalue weighted by molar-refractivity contribution is 14.0. The van der Waals surface area contributed by atoms with Crippen molar-refractivity contribution in [1.82, 2.24) is 19.8 Å². The molecule has 0 bridgehead atoms. The first-order valence-electron chi connectivity index (χ1n) is 11.1. The zero-order valence-electron chi connectivity index (χ0n) is 19.6. The first kappa shape index (κ1) is 28.1. The molecule has 0 aliphatic carbocycles. The van der Waals surface area contributed by atoms with Gasteiger partial charge >= 0.3 is 0 Å². The Kier molecular flexibility index (Phi) is 12.3. The van der Waals surface area contributed by atoms with Crippen LogP contribution in [-0.2, 0) is 16.6 Å². The molecule has 1 unspecified atom stereocenters. The molecule has 9 heteroatoms. The number of rotatable bonds is 9. The minimum Gasteiger partial charge on any atom is -0.357 e. The third kappa shape index (κ3) is 8.86. The number of sulfonamides is 1. The van der Waals surface area contributed by atoms with E-state index in [1.165, 1.54) is 0 Å². The fraction of sp³-hybridized carbons (Fsp3) is 0.682. The summed E-state index contributed by atoms with van der Waals surface area (Å²) in [5, 5.41) is 6.71. The third-order valence-electron chi connectivity index (χ3n) is 5.36. The highest BCUT2D eigenvalue weighted by Crippen LogP contribution is 2.22. The summed E-state index contributed by atoms with van der Waals surface area (Å²) in [6.07, 6.45) is 2.22. The Balaban J connectivity index is 0.00000480. The van der Waals surface area contributed by atoms with E-state index in [9.17, 15) is 8.42 Å². The molecule has 178 valence electrons. The van der Waals surface area contributed by atoms with E-state index in [2.05, 4.69) is 41.3 Å². The number of benzene rings is 1. The lowest BCUT2D eigenvalue weighted by Gasteiger charge is -2.32. The van der Waals surface area contributed by atoms with Crippen molar-refractivity contribution in [3.63, 3.8) is 0 Å². The summed E-state index contributed by atoms with van der Waals surface area (Å²) in [6, 6.07) is 7.52. The fourth-order valence-electron chi connectivity index (χ4n) is 3.43. The molecule has 0 amide bonds. The van der Waals surface area contributed by atoms with Gasteiger partial charge in [0.2, 0.25) is 10.0 Å². The summed E-state index contributed by atoms with van der Waals surface area (Å²) in [5.41, 5.74) is 0.725. The summed E-state index contributed by atoms with van der Waals surface area (Å²) in [6.45, 7) is 12.3. The standard InChI is InChI=1S/C22H39N5O2S.HI/c1-6-23-22(25-19(4)12-11-18(2)3)24-17-20-9-7-8-10-21(20)30(28,29)27-15-13-26(5)14-16-27;/h7-10,18-19H,6,11-17H2,1-5H3,(H2,23,24,25);1H. The van der Waals surface area contributed by atoms with Crippen molar-refractivity contribution >= 4 is 40.0 Å². The van der Waals surface area contributed by atoms with Crippen LogP contribution in [0.25, 0.3) is 0 Å². The second-order valence-corrected chi connectivity index (χ2v) is 10.4. The largest absolute Gasteiger partial charge is 0.357 e. The van der Waals surface area contributed by atoms with Crippen LogP contribution >= 0.6 is 24.0 Å². The molecule has 0 radical (unpaired) electrons. The van der Waals surface area contributed by atoms with Crippen LogP contribution in [0.5, 0.6) is 0 Å². The number of piperazine rings is 1. The molecule has 1 aromatic rings. The Hall–Kier alpha value is -0.910. The second kappa shape index (κ2) is 13.6. The number of guanidine groups is 1. The second-order valence-electron chi connectivity index (χ2n) is 8.53. The molecule has 2 rings (SSSR count). The molecule has 1 heterocycles. The molecule has 1 saturated heterocycles. The summed E-state index contributed by atoms with van der Waals surface area (Å²) >= 11 is 0. The van der Waals surface area contributed by atoms with Crippen molar-refractivity contribution in [3.8, 4) is 0 Å². The van der Waals surface area contributed by atoms with Crippen LogP contribution in [0.1, 0.15) is 46.1 Å². The molecule has 0 saturated carbocycles. The van der Waals surface area contributed by atoms with Crippen molar-refractivity contribution in [1.29, 1.82) is 0 Å². The van der Waals surface area contributed by atoms with Gasteiger partial charge in [0, 0.05) is 38.8 Å². The maximum Gasteiger partial charge on any atom is 0.243 e. The quantitative estimate of drug-likeness (QED) is 0.274. The van der Waals surface area contributed by atoms with Crippen molar-refractivity contribution in [2.75, 3.05) is 39.8 Å². The maximum absolute atomic E-state index is 13.2. The van der Waals surface area contributed by atoms with Crippen LogP contribution in [0, 0.1) is 5.92 Å². The Bertz CT molecular complexity index is 793. The Morgan fingerprint density at radius 1 is 1.10 bits per heavy atom. The Morgan fingerprint density at radius 2 is 1.74 bits per heavy atom. The number of nitrogens with one attached hydrogen (secondary N) is 2. The molecule has 1 atom stereocenters. The number of hydrogen-bond donors (Lipinski definition) is 2. The van der Waals surface area contributed by atoms with E-state index in [1.807, 2.05) is 26.1 Å². The van der Waals surface area contributed by atoms with Gasteiger partial charge in [0.25, 0.3) is 0 Å². The lowest BCUT2D eigenvalue weighted by molar-refractivity contribution is 0.222. The highest BCUT2D eigenvalue weighted by Gasteiger charge is 2.29. The average Bonchev–Trinajstić information content (AvgIpc) is 2.71. The van der Waals surface area contributed by atoms with E-state index in [1.54, 1.807) is 16.4 Å². The van der Waals surface area contributed by atoms with E-state index in [0.29, 0.717) is 36.5 Å². The molecule has 1 aromatic carbocycles. The van der Waals surface area contributed by atoms with Gasteiger partial charge in [0.1, 0.15) is 0 Å². The van der Waals surface area contributed by atoms with Gasteiger partial charge < -0.3 is 15.5 Å². The molecular formula is C22H40IN5O2S. The van der Waals surface area contributed by atoms with E-state index < -0.39 is 10.0 Å². The minimum absolute atomic E-state index is 0. The first-order chi connectivity index (χ1) is 14.2. The summed E-state index contributed by atoms with van der Waals surface area (Å²) < 4.78 is 28.1. The summed E-state index contributed by atoms with van der Waals surface area (Å²) in [4.78, 5) is 7.20. The molecule has 0 aromatic heterocycles. The van der Waals surface area contributed by atoms with Crippen LogP contribution in [-0.4, -0.2) is 69.4 Å². The van der Waals surface area contributed by atoms with E-state index >= 15 is 0 Å². The van der Waals surface area contributed by atoms with Gasteiger partial charge in [-0.05, 0) is 51.3 Å². The molecule has 31 heavy (non-hydrogen) atoms. The lowest BCUT2D eigenvalue weighted by atomic mass is 10.0. The molecule has 2 N–H and O–H groups in total. The van der Waals surface area contributed by atoms with Crippen LogP contribution in [0.3, 0.4) is 0 Å². The van der Waals surface area contributed by atoms with Crippen LogP contribution in [0.15, 0.2) is 34.2 Å². The van der Waals surface area contributed by atoms with Gasteiger partial charge in [-0.2, -0.15) is 4.31 Å². The zero-order chi connectivity index (χ0) is 22.1. The van der Waals surface area contributed by atoms with Crippen molar-refractivity contribution < 1.29 is 8.42 Å². The molecular weight excluding hydrogens is 525 g/mol. The molecule has 1 fully saturated rings. The highest BCUT2D eigenvalue weighted by atomic mass is 127. The number of likely N-dealkylation sites (N-methyl/N-ethyl adjacent to an activating group) is 1. The number of halogens is 1. The SMILES string of the molecule is CCNC(=NCc1ccccc1S(=O)(=O)N1CCN(C)CC1)NC(C)CCC(C)C.I. The number of hydrogen-bond acceptors (Lipinski definition) is 4. The van der Waals surface area contributed by atoms with Gasteiger partial charge in [-0.15, -0.1) is 24.0 Å². The van der Waals surface area contributed by atoms with Crippen LogP contribution < -0.4 is 10.6 Å². The monoisotopic (exact) mass is 565 g/mol. The van der Waals surface area contributed by atoms with Crippen molar-refractivity contribution in [2.24, 2.45) is 10.9 Å². The molecule has 1 aliphatic heterocycles. The normalized spacial score (nSPS) is 17.3. The Morgan fingerprint density at radius 3 is 2.35 bits per heavy atom.